The molecule has 0 radical (unpaired) electrons. The highest BCUT2D eigenvalue weighted by molar-refractivity contribution is 14.0. The van der Waals surface area contributed by atoms with E-state index in [0.29, 0.717) is 6.54 Å². The number of morpholine rings is 1. The highest BCUT2D eigenvalue weighted by atomic mass is 127. The van der Waals surface area contributed by atoms with Gasteiger partial charge in [0.05, 0.1) is 26.4 Å². The fourth-order valence-corrected chi connectivity index (χ4v) is 3.05. The van der Waals surface area contributed by atoms with Crippen molar-refractivity contribution in [3.05, 3.63) is 29.8 Å². The standard InChI is InChI=1S/C21H36N4O2.HI/c1-5-12-27-19-9-7-8-18(15-19)16-23-20(22-6-2)24-17-21(3,4)25-10-13-26-14-11-25;/h7-9,15H,5-6,10-14,16-17H2,1-4H3,(H2,22,23,24);1H. The van der Waals surface area contributed by atoms with E-state index in [1.807, 2.05) is 12.1 Å². The first-order valence-electron chi connectivity index (χ1n) is 10.1. The smallest absolute Gasteiger partial charge is 0.191 e. The van der Waals surface area contributed by atoms with Gasteiger partial charge in [-0.2, -0.15) is 0 Å². The average Bonchev–Trinajstić information content (AvgIpc) is 2.69. The van der Waals surface area contributed by atoms with Crippen molar-refractivity contribution in [1.29, 1.82) is 0 Å². The SMILES string of the molecule is CCCOc1cccc(CN=C(NCC)NCC(C)(C)N2CCOCC2)c1.I. The normalized spacial score (nSPS) is 15.6. The summed E-state index contributed by atoms with van der Waals surface area (Å²) in [6, 6.07) is 8.18. The summed E-state index contributed by atoms with van der Waals surface area (Å²) in [5, 5.41) is 6.84. The Morgan fingerprint density at radius 1 is 1.21 bits per heavy atom. The lowest BCUT2D eigenvalue weighted by molar-refractivity contribution is -0.00834. The minimum atomic E-state index is 0. The molecule has 0 atom stereocenters. The number of benzene rings is 1. The number of nitrogens with one attached hydrogen (secondary N) is 2. The summed E-state index contributed by atoms with van der Waals surface area (Å²) in [6.07, 6.45) is 1.01. The lowest BCUT2D eigenvalue weighted by atomic mass is 10.0. The molecular weight excluding hydrogens is 467 g/mol. The topological polar surface area (TPSA) is 58.1 Å². The largest absolute Gasteiger partial charge is 0.494 e. The minimum absolute atomic E-state index is 0. The number of hydrogen-bond acceptors (Lipinski definition) is 4. The van der Waals surface area contributed by atoms with E-state index in [9.17, 15) is 0 Å². The monoisotopic (exact) mass is 504 g/mol. The van der Waals surface area contributed by atoms with Crippen LogP contribution in [0.3, 0.4) is 0 Å². The molecule has 7 heteroatoms. The van der Waals surface area contributed by atoms with E-state index in [1.165, 1.54) is 0 Å². The van der Waals surface area contributed by atoms with Crippen LogP contribution in [0.4, 0.5) is 0 Å². The van der Waals surface area contributed by atoms with Gasteiger partial charge in [-0.25, -0.2) is 4.99 Å². The second-order valence-corrected chi connectivity index (χ2v) is 7.46. The van der Waals surface area contributed by atoms with Crippen molar-refractivity contribution in [2.24, 2.45) is 4.99 Å². The lowest BCUT2D eigenvalue weighted by Crippen LogP contribution is -2.56. The van der Waals surface area contributed by atoms with Crippen molar-refractivity contribution >= 4 is 29.9 Å². The summed E-state index contributed by atoms with van der Waals surface area (Å²) >= 11 is 0. The van der Waals surface area contributed by atoms with E-state index in [0.717, 1.165) is 69.7 Å². The Labute approximate surface area is 187 Å². The van der Waals surface area contributed by atoms with Gasteiger partial charge in [-0.3, -0.25) is 4.90 Å². The van der Waals surface area contributed by atoms with Crippen LogP contribution in [0.15, 0.2) is 29.3 Å². The zero-order valence-electron chi connectivity index (χ0n) is 17.8. The molecule has 1 aliphatic heterocycles. The van der Waals surface area contributed by atoms with Gasteiger partial charge in [0, 0.05) is 31.7 Å². The molecule has 0 unspecified atom stereocenters. The Morgan fingerprint density at radius 3 is 2.64 bits per heavy atom. The van der Waals surface area contributed by atoms with E-state index in [-0.39, 0.29) is 29.5 Å². The van der Waals surface area contributed by atoms with Crippen LogP contribution in [0.2, 0.25) is 0 Å². The second kappa shape index (κ2) is 13.2. The Balaban J connectivity index is 0.00000392. The van der Waals surface area contributed by atoms with Crippen LogP contribution in [0.1, 0.15) is 39.7 Å². The van der Waals surface area contributed by atoms with Gasteiger partial charge >= 0.3 is 0 Å². The van der Waals surface area contributed by atoms with Gasteiger partial charge in [0.25, 0.3) is 0 Å². The fourth-order valence-electron chi connectivity index (χ4n) is 3.05. The van der Waals surface area contributed by atoms with E-state index in [4.69, 9.17) is 14.5 Å². The second-order valence-electron chi connectivity index (χ2n) is 7.46. The fraction of sp³-hybridized carbons (Fsp3) is 0.667. The number of aliphatic imine (C=N–C) groups is 1. The maximum atomic E-state index is 5.71. The van der Waals surface area contributed by atoms with Crippen LogP contribution in [0.25, 0.3) is 0 Å². The molecule has 0 spiro atoms. The predicted octanol–water partition coefficient (Wildman–Crippen LogP) is 3.26. The third kappa shape index (κ3) is 8.53. The summed E-state index contributed by atoms with van der Waals surface area (Å²) in [5.41, 5.74) is 1.20. The van der Waals surface area contributed by atoms with Crippen molar-refractivity contribution in [2.45, 2.75) is 46.2 Å². The molecule has 1 saturated heterocycles. The van der Waals surface area contributed by atoms with E-state index in [1.54, 1.807) is 0 Å². The molecule has 1 aliphatic rings. The van der Waals surface area contributed by atoms with Crippen molar-refractivity contribution < 1.29 is 9.47 Å². The zero-order chi connectivity index (χ0) is 19.5. The molecule has 1 heterocycles. The first-order valence-corrected chi connectivity index (χ1v) is 10.1. The predicted molar refractivity (Wildman–Crippen MR) is 127 cm³/mol. The molecule has 1 aromatic carbocycles. The van der Waals surface area contributed by atoms with Crippen LogP contribution < -0.4 is 15.4 Å². The summed E-state index contributed by atoms with van der Waals surface area (Å²) < 4.78 is 11.2. The molecule has 0 saturated carbocycles. The van der Waals surface area contributed by atoms with E-state index < -0.39 is 0 Å². The quantitative estimate of drug-likeness (QED) is 0.307. The van der Waals surface area contributed by atoms with Crippen LogP contribution >= 0.6 is 24.0 Å². The Kier molecular flexibility index (Phi) is 11.8. The average molecular weight is 504 g/mol. The maximum Gasteiger partial charge on any atom is 0.191 e. The molecule has 0 amide bonds. The Bertz CT molecular complexity index is 590. The van der Waals surface area contributed by atoms with Crippen LogP contribution in [0.5, 0.6) is 5.75 Å². The van der Waals surface area contributed by atoms with Crippen LogP contribution in [0, 0.1) is 0 Å². The van der Waals surface area contributed by atoms with E-state index in [2.05, 4.69) is 55.4 Å². The van der Waals surface area contributed by atoms with Crippen molar-refractivity contribution in [3.8, 4) is 5.75 Å². The number of rotatable bonds is 9. The summed E-state index contributed by atoms with van der Waals surface area (Å²) in [7, 11) is 0. The third-order valence-corrected chi connectivity index (χ3v) is 4.69. The Morgan fingerprint density at radius 2 is 1.96 bits per heavy atom. The minimum Gasteiger partial charge on any atom is -0.494 e. The molecule has 1 fully saturated rings. The lowest BCUT2D eigenvalue weighted by Gasteiger charge is -2.41. The number of ether oxygens (including phenoxy) is 2. The number of guanidine groups is 1. The van der Waals surface area contributed by atoms with Crippen molar-refractivity contribution in [1.82, 2.24) is 15.5 Å². The molecule has 6 nitrogen and oxygen atoms in total. The molecule has 28 heavy (non-hydrogen) atoms. The molecule has 0 bridgehead atoms. The van der Waals surface area contributed by atoms with Crippen LogP contribution in [-0.4, -0.2) is 62.4 Å². The molecule has 0 aliphatic carbocycles. The zero-order valence-corrected chi connectivity index (χ0v) is 20.1. The number of nitrogens with zero attached hydrogens (tertiary/aromatic N) is 2. The maximum absolute atomic E-state index is 5.71. The van der Waals surface area contributed by atoms with Gasteiger partial charge in [-0.05, 0) is 44.9 Å². The highest BCUT2D eigenvalue weighted by Crippen LogP contribution is 2.16. The first kappa shape index (κ1) is 25.0. The van der Waals surface area contributed by atoms with Gasteiger partial charge < -0.3 is 20.1 Å². The molecular formula is C21H37IN4O2. The van der Waals surface area contributed by atoms with Crippen LogP contribution in [-0.2, 0) is 11.3 Å². The molecule has 0 aromatic heterocycles. The Hall–Kier alpha value is -1.06. The summed E-state index contributed by atoms with van der Waals surface area (Å²) in [4.78, 5) is 7.22. The summed E-state index contributed by atoms with van der Waals surface area (Å²) in [6.45, 7) is 15.4. The van der Waals surface area contributed by atoms with Gasteiger partial charge in [-0.15, -0.1) is 24.0 Å². The highest BCUT2D eigenvalue weighted by Gasteiger charge is 2.28. The van der Waals surface area contributed by atoms with Gasteiger partial charge in [-0.1, -0.05) is 19.1 Å². The third-order valence-electron chi connectivity index (χ3n) is 4.69. The summed E-state index contributed by atoms with van der Waals surface area (Å²) in [5.74, 6) is 1.76. The number of hydrogen-bond donors (Lipinski definition) is 2. The van der Waals surface area contributed by atoms with Gasteiger partial charge in [0.15, 0.2) is 5.96 Å². The molecule has 2 N–H and O–H groups in total. The first-order chi connectivity index (χ1) is 13.0. The van der Waals surface area contributed by atoms with Gasteiger partial charge in [0.2, 0.25) is 0 Å². The molecule has 2 rings (SSSR count). The molecule has 160 valence electrons. The molecule has 1 aromatic rings. The van der Waals surface area contributed by atoms with Crippen molar-refractivity contribution in [2.75, 3.05) is 46.0 Å². The van der Waals surface area contributed by atoms with E-state index >= 15 is 0 Å². The van der Waals surface area contributed by atoms with Gasteiger partial charge in [0.1, 0.15) is 5.75 Å². The number of halogens is 1. The van der Waals surface area contributed by atoms with Crippen molar-refractivity contribution in [3.63, 3.8) is 0 Å².